The zero-order valence-corrected chi connectivity index (χ0v) is 12.7. The number of carbonyl (C=O) groups is 2. The van der Waals surface area contributed by atoms with E-state index in [1.165, 1.54) is 0 Å². The van der Waals surface area contributed by atoms with E-state index < -0.39 is 6.10 Å². The Hall–Kier alpha value is -1.10. The van der Waals surface area contributed by atoms with Crippen LogP contribution in [0, 0.1) is 0 Å². The van der Waals surface area contributed by atoms with Gasteiger partial charge in [-0.2, -0.15) is 0 Å². The third kappa shape index (κ3) is 5.49. The Kier molecular flexibility index (Phi) is 7.59. The van der Waals surface area contributed by atoms with Gasteiger partial charge in [-0.15, -0.1) is 0 Å². The Labute approximate surface area is 121 Å². The average Bonchev–Trinajstić information content (AvgIpc) is 2.43. The first-order valence-corrected chi connectivity index (χ1v) is 7.83. The molecular formula is C15H28N2O3. The summed E-state index contributed by atoms with van der Waals surface area (Å²) >= 11 is 0. The lowest BCUT2D eigenvalue weighted by molar-refractivity contribution is -0.131. The van der Waals surface area contributed by atoms with Crippen LogP contribution in [0.25, 0.3) is 0 Å². The quantitative estimate of drug-likeness (QED) is 0.743. The minimum absolute atomic E-state index is 0.0525. The fraction of sp³-hybridized carbons (Fsp3) is 0.867. The molecular weight excluding hydrogens is 256 g/mol. The molecule has 0 aromatic carbocycles. The van der Waals surface area contributed by atoms with Crippen molar-refractivity contribution < 1.29 is 14.7 Å². The van der Waals surface area contributed by atoms with Gasteiger partial charge in [-0.1, -0.05) is 12.8 Å². The first-order chi connectivity index (χ1) is 9.58. The highest BCUT2D eigenvalue weighted by atomic mass is 16.3. The van der Waals surface area contributed by atoms with Crippen LogP contribution in [0.4, 0.5) is 0 Å². The Bertz CT molecular complexity index is 316. The smallest absolute Gasteiger partial charge is 0.222 e. The number of rotatable bonds is 7. The van der Waals surface area contributed by atoms with E-state index in [0.29, 0.717) is 19.3 Å². The van der Waals surface area contributed by atoms with Gasteiger partial charge in [0.05, 0.1) is 12.1 Å². The molecule has 1 saturated carbocycles. The minimum atomic E-state index is -0.412. The lowest BCUT2D eigenvalue weighted by atomic mass is 9.92. The summed E-state index contributed by atoms with van der Waals surface area (Å²) in [6.45, 7) is 5.35. The number of aliphatic hydroxyl groups is 1. The number of aliphatic hydroxyl groups excluding tert-OH is 1. The molecule has 1 aliphatic carbocycles. The summed E-state index contributed by atoms with van der Waals surface area (Å²) in [4.78, 5) is 25.4. The zero-order valence-electron chi connectivity index (χ0n) is 12.7. The molecule has 2 amide bonds. The summed E-state index contributed by atoms with van der Waals surface area (Å²) in [6.07, 6.45) is 4.65. The predicted molar refractivity (Wildman–Crippen MR) is 78.2 cm³/mol. The molecule has 0 aromatic heterocycles. The highest BCUT2D eigenvalue weighted by Crippen LogP contribution is 2.18. The Morgan fingerprint density at radius 3 is 2.40 bits per heavy atom. The summed E-state index contributed by atoms with van der Waals surface area (Å²) < 4.78 is 0. The third-order valence-corrected chi connectivity index (χ3v) is 3.99. The molecule has 0 aromatic rings. The maximum absolute atomic E-state index is 11.8. The number of amides is 2. The molecule has 2 N–H and O–H groups in total. The lowest BCUT2D eigenvalue weighted by Gasteiger charge is -2.28. The van der Waals surface area contributed by atoms with Gasteiger partial charge in [0.2, 0.25) is 11.8 Å². The van der Waals surface area contributed by atoms with Crippen LogP contribution < -0.4 is 5.32 Å². The van der Waals surface area contributed by atoms with E-state index in [4.69, 9.17) is 0 Å². The van der Waals surface area contributed by atoms with Gasteiger partial charge < -0.3 is 15.3 Å². The van der Waals surface area contributed by atoms with E-state index in [-0.39, 0.29) is 17.9 Å². The molecule has 0 bridgehead atoms. The van der Waals surface area contributed by atoms with Crippen molar-refractivity contribution in [1.29, 1.82) is 0 Å². The summed E-state index contributed by atoms with van der Waals surface area (Å²) in [7, 11) is 0. The van der Waals surface area contributed by atoms with Crippen molar-refractivity contribution in [3.8, 4) is 0 Å². The molecule has 0 spiro atoms. The van der Waals surface area contributed by atoms with Crippen molar-refractivity contribution in [2.75, 3.05) is 13.1 Å². The van der Waals surface area contributed by atoms with Crippen LogP contribution in [-0.2, 0) is 9.59 Å². The van der Waals surface area contributed by atoms with E-state index in [1.807, 2.05) is 13.8 Å². The zero-order chi connectivity index (χ0) is 15.0. The molecule has 5 nitrogen and oxygen atoms in total. The highest BCUT2D eigenvalue weighted by molar-refractivity contribution is 5.79. The maximum atomic E-state index is 11.8. The molecule has 1 fully saturated rings. The van der Waals surface area contributed by atoms with Crippen molar-refractivity contribution in [3.63, 3.8) is 0 Å². The van der Waals surface area contributed by atoms with Gasteiger partial charge in [0.1, 0.15) is 0 Å². The highest BCUT2D eigenvalue weighted by Gasteiger charge is 2.24. The Morgan fingerprint density at radius 1 is 1.15 bits per heavy atom. The molecule has 0 aliphatic heterocycles. The monoisotopic (exact) mass is 284 g/mol. The molecule has 2 atom stereocenters. The lowest BCUT2D eigenvalue weighted by Crippen LogP contribution is -2.45. The van der Waals surface area contributed by atoms with Gasteiger partial charge >= 0.3 is 0 Å². The van der Waals surface area contributed by atoms with Crippen molar-refractivity contribution in [3.05, 3.63) is 0 Å². The van der Waals surface area contributed by atoms with Crippen molar-refractivity contribution in [2.24, 2.45) is 0 Å². The molecule has 116 valence electrons. The largest absolute Gasteiger partial charge is 0.391 e. The predicted octanol–water partition coefficient (Wildman–Crippen LogP) is 1.44. The summed E-state index contributed by atoms with van der Waals surface area (Å²) in [5.41, 5.74) is 0. The summed E-state index contributed by atoms with van der Waals surface area (Å²) in [6, 6.07) is -0.102. The van der Waals surface area contributed by atoms with Crippen LogP contribution in [0.1, 0.15) is 58.8 Å². The van der Waals surface area contributed by atoms with E-state index in [2.05, 4.69) is 5.32 Å². The summed E-state index contributed by atoms with van der Waals surface area (Å²) in [5, 5.41) is 12.7. The number of hydrogen-bond donors (Lipinski definition) is 2. The van der Waals surface area contributed by atoms with Gasteiger partial charge in [-0.3, -0.25) is 9.59 Å². The van der Waals surface area contributed by atoms with Crippen molar-refractivity contribution in [1.82, 2.24) is 10.2 Å². The van der Waals surface area contributed by atoms with Gasteiger partial charge in [-0.05, 0) is 33.1 Å². The third-order valence-electron chi connectivity index (χ3n) is 3.99. The topological polar surface area (TPSA) is 69.6 Å². The van der Waals surface area contributed by atoms with E-state index >= 15 is 0 Å². The molecule has 0 saturated heterocycles. The first kappa shape index (κ1) is 17.0. The first-order valence-electron chi connectivity index (χ1n) is 7.83. The maximum Gasteiger partial charge on any atom is 0.222 e. The Morgan fingerprint density at radius 2 is 1.80 bits per heavy atom. The van der Waals surface area contributed by atoms with E-state index in [1.54, 1.807) is 4.90 Å². The van der Waals surface area contributed by atoms with E-state index in [0.717, 1.165) is 38.8 Å². The number of nitrogens with one attached hydrogen (secondary N) is 1. The standard InChI is InChI=1S/C15H28N2O3/c1-3-17(4-2)15(20)11-7-10-14(19)16-12-8-5-6-9-13(12)18/h12-13,18H,3-11H2,1-2H3,(H,16,19). The SMILES string of the molecule is CCN(CC)C(=O)CCCC(=O)NC1CCCCC1O. The molecule has 5 heteroatoms. The van der Waals surface area contributed by atoms with Crippen molar-refractivity contribution in [2.45, 2.75) is 70.9 Å². The molecule has 0 radical (unpaired) electrons. The molecule has 2 unspecified atom stereocenters. The van der Waals surface area contributed by atoms with Crippen LogP contribution >= 0.6 is 0 Å². The molecule has 1 rings (SSSR count). The van der Waals surface area contributed by atoms with Crippen LogP contribution in [0.15, 0.2) is 0 Å². The number of hydrogen-bond acceptors (Lipinski definition) is 3. The molecule has 20 heavy (non-hydrogen) atoms. The van der Waals surface area contributed by atoms with Crippen molar-refractivity contribution >= 4 is 11.8 Å². The van der Waals surface area contributed by atoms with Crippen LogP contribution in [0.2, 0.25) is 0 Å². The van der Waals surface area contributed by atoms with Crippen LogP contribution in [0.5, 0.6) is 0 Å². The van der Waals surface area contributed by atoms with Gasteiger partial charge in [0.15, 0.2) is 0 Å². The minimum Gasteiger partial charge on any atom is -0.391 e. The van der Waals surface area contributed by atoms with Crippen LogP contribution in [0.3, 0.4) is 0 Å². The van der Waals surface area contributed by atoms with E-state index in [9.17, 15) is 14.7 Å². The Balaban J connectivity index is 2.21. The summed E-state index contributed by atoms with van der Waals surface area (Å²) in [5.74, 6) is 0.0591. The molecule has 0 heterocycles. The second kappa shape index (κ2) is 8.95. The van der Waals surface area contributed by atoms with Gasteiger partial charge in [-0.25, -0.2) is 0 Å². The average molecular weight is 284 g/mol. The number of carbonyl (C=O) groups excluding carboxylic acids is 2. The van der Waals surface area contributed by atoms with Gasteiger partial charge in [0, 0.05) is 25.9 Å². The molecule has 1 aliphatic rings. The van der Waals surface area contributed by atoms with Gasteiger partial charge in [0.25, 0.3) is 0 Å². The fourth-order valence-electron chi connectivity index (χ4n) is 2.69. The second-order valence-electron chi connectivity index (χ2n) is 5.45. The van der Waals surface area contributed by atoms with Crippen LogP contribution in [-0.4, -0.2) is 47.1 Å². The number of nitrogens with zero attached hydrogens (tertiary/aromatic N) is 1. The fourth-order valence-corrected chi connectivity index (χ4v) is 2.69. The second-order valence-corrected chi connectivity index (χ2v) is 5.45. The normalized spacial score (nSPS) is 22.4.